The molecule has 1 amide bonds. The second-order valence-corrected chi connectivity index (χ2v) is 5.14. The minimum absolute atomic E-state index is 0.152. The first-order valence-electron chi connectivity index (χ1n) is 7.58. The number of ether oxygens (including phenoxy) is 1. The number of hydrogen-bond donors (Lipinski definition) is 0. The van der Waals surface area contributed by atoms with Crippen LogP contribution >= 0.6 is 0 Å². The second-order valence-electron chi connectivity index (χ2n) is 5.14. The van der Waals surface area contributed by atoms with E-state index in [4.69, 9.17) is 4.74 Å². The third kappa shape index (κ3) is 4.32. The zero-order valence-electron chi connectivity index (χ0n) is 12.8. The van der Waals surface area contributed by atoms with Crippen LogP contribution < -0.4 is 0 Å². The summed E-state index contributed by atoms with van der Waals surface area (Å²) >= 11 is 0. The molecular formula is C18H21NO3. The van der Waals surface area contributed by atoms with E-state index in [1.807, 2.05) is 36.4 Å². The van der Waals surface area contributed by atoms with Crippen LogP contribution in [0.4, 0.5) is 4.79 Å². The number of benzene rings is 1. The Bertz CT molecular complexity index is 575. The Morgan fingerprint density at radius 2 is 2.00 bits per heavy atom. The number of carbonyl (C=O) groups is 2. The molecule has 4 nitrogen and oxygen atoms in total. The third-order valence-corrected chi connectivity index (χ3v) is 3.46. The zero-order chi connectivity index (χ0) is 15.8. The smallest absolute Gasteiger partial charge is 0.414 e. The average Bonchev–Trinajstić information content (AvgIpc) is 2.80. The van der Waals surface area contributed by atoms with E-state index < -0.39 is 6.09 Å². The average molecular weight is 299 g/mol. The Hall–Kier alpha value is -2.36. The van der Waals surface area contributed by atoms with Crippen LogP contribution in [0.1, 0.15) is 31.7 Å². The van der Waals surface area contributed by atoms with Gasteiger partial charge in [0.05, 0.1) is 5.70 Å². The van der Waals surface area contributed by atoms with Crippen molar-refractivity contribution < 1.29 is 14.3 Å². The van der Waals surface area contributed by atoms with Crippen LogP contribution in [0.2, 0.25) is 0 Å². The van der Waals surface area contributed by atoms with Crippen LogP contribution in [0.15, 0.2) is 54.3 Å². The Balaban J connectivity index is 2.06. The first kappa shape index (κ1) is 16.0. The van der Waals surface area contributed by atoms with Crippen molar-refractivity contribution in [1.82, 2.24) is 4.90 Å². The van der Waals surface area contributed by atoms with E-state index in [0.717, 1.165) is 24.8 Å². The number of carbonyl (C=O) groups excluding carboxylic acids is 2. The van der Waals surface area contributed by atoms with Crippen LogP contribution in [0.3, 0.4) is 0 Å². The summed E-state index contributed by atoms with van der Waals surface area (Å²) in [5.41, 5.74) is 1.35. The van der Waals surface area contributed by atoms with Crippen molar-refractivity contribution in [3.8, 4) is 0 Å². The minimum Gasteiger partial charge on any atom is -0.444 e. The van der Waals surface area contributed by atoms with Gasteiger partial charge in [0, 0.05) is 6.54 Å². The Labute approximate surface area is 131 Å². The Kier molecular flexibility index (Phi) is 5.95. The molecule has 0 aromatic heterocycles. The summed E-state index contributed by atoms with van der Waals surface area (Å²) in [5.74, 6) is -0.152. The zero-order valence-corrected chi connectivity index (χ0v) is 12.8. The summed E-state index contributed by atoms with van der Waals surface area (Å²) in [6, 6.07) is 9.51. The van der Waals surface area contributed by atoms with Crippen LogP contribution in [0.5, 0.6) is 0 Å². The number of rotatable bonds is 4. The minimum atomic E-state index is -0.463. The van der Waals surface area contributed by atoms with E-state index in [1.165, 1.54) is 11.0 Å². The molecular weight excluding hydrogens is 278 g/mol. The van der Waals surface area contributed by atoms with Crippen LogP contribution in [-0.4, -0.2) is 23.3 Å². The van der Waals surface area contributed by atoms with E-state index in [1.54, 1.807) is 13.0 Å². The van der Waals surface area contributed by atoms with Gasteiger partial charge in [0.1, 0.15) is 6.61 Å². The van der Waals surface area contributed by atoms with E-state index in [9.17, 15) is 9.59 Å². The summed E-state index contributed by atoms with van der Waals surface area (Å²) in [4.78, 5) is 25.9. The molecule has 1 heterocycles. The summed E-state index contributed by atoms with van der Waals surface area (Å²) in [5, 5.41) is 0. The lowest BCUT2D eigenvalue weighted by Crippen LogP contribution is -2.34. The van der Waals surface area contributed by atoms with Gasteiger partial charge in [-0.15, -0.1) is 0 Å². The third-order valence-electron chi connectivity index (χ3n) is 3.46. The molecule has 0 spiro atoms. The van der Waals surface area contributed by atoms with Gasteiger partial charge < -0.3 is 4.74 Å². The predicted molar refractivity (Wildman–Crippen MR) is 85.1 cm³/mol. The van der Waals surface area contributed by atoms with E-state index in [2.05, 4.69) is 0 Å². The predicted octanol–water partition coefficient (Wildman–Crippen LogP) is 3.84. The van der Waals surface area contributed by atoms with Gasteiger partial charge in [-0.3, -0.25) is 9.69 Å². The molecule has 0 saturated carbocycles. The molecule has 1 aromatic carbocycles. The van der Waals surface area contributed by atoms with Gasteiger partial charge in [-0.05, 0) is 37.8 Å². The molecule has 0 unspecified atom stereocenters. The second kappa shape index (κ2) is 8.17. The first-order valence-corrected chi connectivity index (χ1v) is 7.58. The largest absolute Gasteiger partial charge is 0.444 e. The lowest BCUT2D eigenvalue weighted by atomic mass is 10.2. The molecule has 1 aromatic rings. The van der Waals surface area contributed by atoms with Crippen LogP contribution in [0, 0.1) is 0 Å². The SMILES string of the molecule is C/C=C/C(=O)C1=CCCCCN1C(=O)OCc1ccccc1. The topological polar surface area (TPSA) is 46.6 Å². The van der Waals surface area contributed by atoms with Crippen molar-refractivity contribution in [3.63, 3.8) is 0 Å². The van der Waals surface area contributed by atoms with Gasteiger partial charge >= 0.3 is 6.09 Å². The molecule has 4 heteroatoms. The Morgan fingerprint density at radius 3 is 2.73 bits per heavy atom. The van der Waals surface area contributed by atoms with Crippen molar-refractivity contribution in [2.45, 2.75) is 32.8 Å². The number of ketones is 1. The fourth-order valence-corrected chi connectivity index (χ4v) is 2.34. The van der Waals surface area contributed by atoms with Crippen molar-refractivity contribution in [2.75, 3.05) is 6.54 Å². The number of hydrogen-bond acceptors (Lipinski definition) is 3. The number of amides is 1. The van der Waals surface area contributed by atoms with Gasteiger partial charge in [-0.1, -0.05) is 42.5 Å². The van der Waals surface area contributed by atoms with Crippen molar-refractivity contribution in [1.29, 1.82) is 0 Å². The highest BCUT2D eigenvalue weighted by Crippen LogP contribution is 2.18. The molecule has 0 radical (unpaired) electrons. The quantitative estimate of drug-likeness (QED) is 0.794. The normalized spacial score (nSPS) is 15.3. The Morgan fingerprint density at radius 1 is 1.23 bits per heavy atom. The molecule has 22 heavy (non-hydrogen) atoms. The van der Waals surface area contributed by atoms with Crippen molar-refractivity contribution in [3.05, 3.63) is 59.8 Å². The van der Waals surface area contributed by atoms with Gasteiger partial charge in [-0.2, -0.15) is 0 Å². The highest BCUT2D eigenvalue weighted by atomic mass is 16.6. The molecule has 0 N–H and O–H groups in total. The van der Waals surface area contributed by atoms with Crippen LogP contribution in [0.25, 0.3) is 0 Å². The summed E-state index contributed by atoms with van der Waals surface area (Å²) in [6.45, 7) is 2.51. The highest BCUT2D eigenvalue weighted by Gasteiger charge is 2.24. The molecule has 1 aliphatic heterocycles. The molecule has 0 fully saturated rings. The number of allylic oxidation sites excluding steroid dienone is 3. The lowest BCUT2D eigenvalue weighted by molar-refractivity contribution is -0.112. The highest BCUT2D eigenvalue weighted by molar-refractivity contribution is 6.05. The maximum atomic E-state index is 12.3. The maximum Gasteiger partial charge on any atom is 0.414 e. The summed E-state index contributed by atoms with van der Waals surface area (Å²) < 4.78 is 5.35. The molecule has 0 aliphatic carbocycles. The van der Waals surface area contributed by atoms with Gasteiger partial charge in [-0.25, -0.2) is 4.79 Å². The molecule has 2 rings (SSSR count). The molecule has 0 atom stereocenters. The molecule has 116 valence electrons. The monoisotopic (exact) mass is 299 g/mol. The van der Waals surface area contributed by atoms with Gasteiger partial charge in [0.25, 0.3) is 0 Å². The fourth-order valence-electron chi connectivity index (χ4n) is 2.34. The maximum absolute atomic E-state index is 12.3. The molecule has 0 saturated heterocycles. The lowest BCUT2D eigenvalue weighted by Gasteiger charge is -2.22. The first-order chi connectivity index (χ1) is 10.7. The van der Waals surface area contributed by atoms with Crippen molar-refractivity contribution >= 4 is 11.9 Å². The summed E-state index contributed by atoms with van der Waals surface area (Å²) in [6.07, 6.45) is 7.17. The van der Waals surface area contributed by atoms with Crippen LogP contribution in [-0.2, 0) is 16.1 Å². The van der Waals surface area contributed by atoms with E-state index >= 15 is 0 Å². The molecule has 0 bridgehead atoms. The number of nitrogens with zero attached hydrogens (tertiary/aromatic N) is 1. The summed E-state index contributed by atoms with van der Waals surface area (Å²) in [7, 11) is 0. The standard InChI is InChI=1S/C18H21NO3/c1-2-9-17(20)16-12-7-4-8-13-19(16)18(21)22-14-15-10-5-3-6-11-15/h2-3,5-6,9-12H,4,7-8,13-14H2,1H3/b9-2+. The molecule has 1 aliphatic rings. The fraction of sp³-hybridized carbons (Fsp3) is 0.333. The van der Waals surface area contributed by atoms with Gasteiger partial charge in [0.2, 0.25) is 5.78 Å². The van der Waals surface area contributed by atoms with E-state index in [0.29, 0.717) is 12.2 Å². The van der Waals surface area contributed by atoms with E-state index in [-0.39, 0.29) is 12.4 Å². The van der Waals surface area contributed by atoms with Gasteiger partial charge in [0.15, 0.2) is 0 Å². The van der Waals surface area contributed by atoms with Crippen molar-refractivity contribution in [2.24, 2.45) is 0 Å².